The lowest BCUT2D eigenvalue weighted by molar-refractivity contribution is 0.0859. The van der Waals surface area contributed by atoms with E-state index >= 15 is 0 Å². The number of nitrogen functional groups attached to an aromatic ring is 1. The fraction of sp³-hybridized carbons (Fsp3) is 0.444. The van der Waals surface area contributed by atoms with Crippen LogP contribution in [-0.4, -0.2) is 28.8 Å². The average molecular weight is 325 g/mol. The van der Waals surface area contributed by atoms with Crippen LogP contribution >= 0.6 is 0 Å². The lowest BCUT2D eigenvalue weighted by atomic mass is 9.88. The van der Waals surface area contributed by atoms with E-state index in [1.807, 2.05) is 12.1 Å². The van der Waals surface area contributed by atoms with Crippen LogP contribution in [0.4, 0.5) is 11.5 Å². The number of nitrogens with one attached hydrogen (secondary N) is 2. The molecule has 24 heavy (non-hydrogen) atoms. The summed E-state index contributed by atoms with van der Waals surface area (Å²) in [6.45, 7) is 6.50. The maximum atomic E-state index is 13.2. The Kier molecular flexibility index (Phi) is 3.57. The first-order valence-corrected chi connectivity index (χ1v) is 8.53. The molecule has 0 radical (unpaired) electrons. The average Bonchev–Trinajstić information content (AvgIpc) is 2.93. The number of aryl methyl sites for hydroxylation is 1. The SMILES string of the molecule is Cc1cccc2c1NCCC2C(=O)n1nc2c(c1N)CNCC2C. The van der Waals surface area contributed by atoms with E-state index < -0.39 is 0 Å². The third kappa shape index (κ3) is 2.21. The minimum atomic E-state index is -0.201. The Morgan fingerprint density at radius 2 is 2.25 bits per heavy atom. The number of carbonyl (C=O) groups excluding carboxylic acids is 1. The summed E-state index contributed by atoms with van der Waals surface area (Å²) in [6, 6.07) is 6.10. The Balaban J connectivity index is 1.75. The zero-order valence-corrected chi connectivity index (χ0v) is 14.1. The van der Waals surface area contributed by atoms with Crippen LogP contribution in [0.1, 0.15) is 52.4 Å². The van der Waals surface area contributed by atoms with Gasteiger partial charge in [-0.2, -0.15) is 9.78 Å². The second-order valence-corrected chi connectivity index (χ2v) is 6.84. The molecule has 0 saturated carbocycles. The highest BCUT2D eigenvalue weighted by molar-refractivity contribution is 5.90. The fourth-order valence-corrected chi connectivity index (χ4v) is 3.86. The van der Waals surface area contributed by atoms with E-state index in [-0.39, 0.29) is 17.7 Å². The summed E-state index contributed by atoms with van der Waals surface area (Å²) in [6.07, 6.45) is 0.757. The summed E-state index contributed by atoms with van der Waals surface area (Å²) in [7, 11) is 0. The van der Waals surface area contributed by atoms with Gasteiger partial charge in [-0.1, -0.05) is 25.1 Å². The third-order valence-corrected chi connectivity index (χ3v) is 5.20. The smallest absolute Gasteiger partial charge is 0.256 e. The van der Waals surface area contributed by atoms with Gasteiger partial charge in [0.2, 0.25) is 0 Å². The van der Waals surface area contributed by atoms with Gasteiger partial charge in [0.05, 0.1) is 11.6 Å². The molecule has 4 N–H and O–H groups in total. The number of rotatable bonds is 1. The molecule has 0 fully saturated rings. The molecular formula is C18H23N5O. The van der Waals surface area contributed by atoms with Gasteiger partial charge in [-0.25, -0.2) is 0 Å². The van der Waals surface area contributed by atoms with Crippen LogP contribution in [-0.2, 0) is 6.54 Å². The van der Waals surface area contributed by atoms with E-state index in [1.54, 1.807) is 0 Å². The zero-order valence-electron chi connectivity index (χ0n) is 14.1. The number of para-hydroxylation sites is 1. The van der Waals surface area contributed by atoms with Crippen LogP contribution in [0.2, 0.25) is 0 Å². The zero-order chi connectivity index (χ0) is 16.8. The molecule has 2 aliphatic rings. The van der Waals surface area contributed by atoms with Crippen molar-refractivity contribution in [1.82, 2.24) is 15.1 Å². The lowest BCUT2D eigenvalue weighted by Gasteiger charge is -2.27. The molecule has 126 valence electrons. The largest absolute Gasteiger partial charge is 0.385 e. The minimum Gasteiger partial charge on any atom is -0.385 e. The van der Waals surface area contributed by atoms with Gasteiger partial charge in [0.25, 0.3) is 5.91 Å². The van der Waals surface area contributed by atoms with Crippen molar-refractivity contribution in [2.45, 2.75) is 38.6 Å². The molecule has 0 amide bonds. The Bertz CT molecular complexity index is 810. The van der Waals surface area contributed by atoms with Crippen molar-refractivity contribution in [2.24, 2.45) is 0 Å². The van der Waals surface area contributed by atoms with Gasteiger partial charge in [-0.15, -0.1) is 0 Å². The summed E-state index contributed by atoms with van der Waals surface area (Å²) in [4.78, 5) is 13.2. The van der Waals surface area contributed by atoms with Crippen LogP contribution in [0.15, 0.2) is 18.2 Å². The molecule has 2 aromatic rings. The monoisotopic (exact) mass is 325 g/mol. The van der Waals surface area contributed by atoms with Crippen molar-refractivity contribution < 1.29 is 4.79 Å². The number of nitrogens with two attached hydrogens (primary N) is 1. The number of hydrogen-bond donors (Lipinski definition) is 3. The van der Waals surface area contributed by atoms with Crippen LogP contribution in [0.5, 0.6) is 0 Å². The van der Waals surface area contributed by atoms with Gasteiger partial charge in [-0.05, 0) is 24.5 Å². The van der Waals surface area contributed by atoms with E-state index in [0.29, 0.717) is 12.4 Å². The predicted molar refractivity (Wildman–Crippen MR) is 94.4 cm³/mol. The van der Waals surface area contributed by atoms with Gasteiger partial charge < -0.3 is 16.4 Å². The molecular weight excluding hydrogens is 302 g/mol. The van der Waals surface area contributed by atoms with Crippen LogP contribution < -0.4 is 16.4 Å². The van der Waals surface area contributed by atoms with Crippen LogP contribution in [0, 0.1) is 6.92 Å². The number of aromatic nitrogens is 2. The van der Waals surface area contributed by atoms with Gasteiger partial charge in [0.15, 0.2) is 0 Å². The number of fused-ring (bicyclic) bond motifs is 2. The van der Waals surface area contributed by atoms with Gasteiger partial charge in [0, 0.05) is 36.8 Å². The molecule has 1 aromatic carbocycles. The Morgan fingerprint density at radius 1 is 1.42 bits per heavy atom. The van der Waals surface area contributed by atoms with Crippen molar-refractivity contribution in [3.63, 3.8) is 0 Å². The normalized spacial score (nSPS) is 22.4. The van der Waals surface area contributed by atoms with Crippen molar-refractivity contribution in [1.29, 1.82) is 0 Å². The summed E-state index contributed by atoms with van der Waals surface area (Å²) in [5, 5.41) is 11.3. The standard InChI is InChI=1S/C18H23N5O/c1-10-4-3-5-12-13(6-7-21-15(10)12)18(24)23-17(19)14-9-20-8-11(2)16(14)22-23/h3-5,11,13,20-21H,6-9,19H2,1-2H3. The first-order chi connectivity index (χ1) is 11.6. The number of benzene rings is 1. The Hall–Kier alpha value is -2.34. The summed E-state index contributed by atoms with van der Waals surface area (Å²) in [5.41, 5.74) is 11.5. The molecule has 0 aliphatic carbocycles. The first kappa shape index (κ1) is 15.2. The molecule has 4 rings (SSSR count). The third-order valence-electron chi connectivity index (χ3n) is 5.20. The summed E-state index contributed by atoms with van der Waals surface area (Å²) < 4.78 is 1.44. The van der Waals surface area contributed by atoms with Crippen molar-refractivity contribution in [3.05, 3.63) is 40.6 Å². The Labute approximate surface area is 141 Å². The highest BCUT2D eigenvalue weighted by Crippen LogP contribution is 2.36. The molecule has 6 heteroatoms. The number of nitrogens with zero attached hydrogens (tertiary/aromatic N) is 2. The second kappa shape index (κ2) is 5.63. The highest BCUT2D eigenvalue weighted by Gasteiger charge is 2.32. The molecule has 0 bridgehead atoms. The van der Waals surface area contributed by atoms with E-state index in [2.05, 4.69) is 35.6 Å². The quantitative estimate of drug-likeness (QED) is 0.748. The molecule has 1 aromatic heterocycles. The topological polar surface area (TPSA) is 85.0 Å². The molecule has 6 nitrogen and oxygen atoms in total. The van der Waals surface area contributed by atoms with Crippen LogP contribution in [0.25, 0.3) is 0 Å². The van der Waals surface area contributed by atoms with Crippen molar-refractivity contribution in [2.75, 3.05) is 24.1 Å². The molecule has 3 heterocycles. The fourth-order valence-electron chi connectivity index (χ4n) is 3.86. The van der Waals surface area contributed by atoms with E-state index in [0.717, 1.165) is 47.6 Å². The summed E-state index contributed by atoms with van der Waals surface area (Å²) >= 11 is 0. The molecule has 0 saturated heterocycles. The molecule has 2 aliphatic heterocycles. The molecule has 0 spiro atoms. The highest BCUT2D eigenvalue weighted by atomic mass is 16.2. The van der Waals surface area contributed by atoms with Crippen molar-refractivity contribution >= 4 is 17.4 Å². The maximum absolute atomic E-state index is 13.2. The van der Waals surface area contributed by atoms with Crippen molar-refractivity contribution in [3.8, 4) is 0 Å². The van der Waals surface area contributed by atoms with Gasteiger partial charge in [0.1, 0.15) is 5.82 Å². The first-order valence-electron chi connectivity index (χ1n) is 8.53. The van der Waals surface area contributed by atoms with Crippen LogP contribution in [0.3, 0.4) is 0 Å². The Morgan fingerprint density at radius 3 is 3.04 bits per heavy atom. The number of anilines is 2. The molecule has 2 atom stereocenters. The number of carbonyl (C=O) groups is 1. The van der Waals surface area contributed by atoms with Gasteiger partial charge in [-0.3, -0.25) is 4.79 Å². The maximum Gasteiger partial charge on any atom is 0.256 e. The van der Waals surface area contributed by atoms with E-state index in [9.17, 15) is 4.79 Å². The van der Waals surface area contributed by atoms with E-state index in [1.165, 1.54) is 4.68 Å². The number of hydrogen-bond acceptors (Lipinski definition) is 5. The second-order valence-electron chi connectivity index (χ2n) is 6.84. The lowest BCUT2D eigenvalue weighted by Crippen LogP contribution is -2.28. The minimum absolute atomic E-state index is 0.0255. The van der Waals surface area contributed by atoms with Gasteiger partial charge >= 0.3 is 0 Å². The molecule has 2 unspecified atom stereocenters. The van der Waals surface area contributed by atoms with E-state index in [4.69, 9.17) is 5.73 Å². The summed E-state index contributed by atoms with van der Waals surface area (Å²) in [5.74, 6) is 0.532. The predicted octanol–water partition coefficient (Wildman–Crippen LogP) is 2.22.